The molecule has 0 saturated heterocycles. The maximum absolute atomic E-state index is 13.1. The van der Waals surface area contributed by atoms with E-state index in [1.807, 2.05) is 16.8 Å². The second-order valence-electron chi connectivity index (χ2n) is 4.71. The SMILES string of the molecule is CN=C(NCc1ccsc1)NCc1ccc(F)cc1C(F)(F)F. The summed E-state index contributed by atoms with van der Waals surface area (Å²) in [5.41, 5.74) is 0.0198. The van der Waals surface area contributed by atoms with Crippen molar-refractivity contribution in [3.05, 3.63) is 57.5 Å². The van der Waals surface area contributed by atoms with Gasteiger partial charge in [0.2, 0.25) is 0 Å². The van der Waals surface area contributed by atoms with E-state index >= 15 is 0 Å². The number of guanidine groups is 1. The number of hydrogen-bond acceptors (Lipinski definition) is 2. The fraction of sp³-hybridized carbons (Fsp3) is 0.267. The first-order chi connectivity index (χ1) is 10.9. The predicted molar refractivity (Wildman–Crippen MR) is 82.8 cm³/mol. The Bertz CT molecular complexity index is 666. The molecule has 0 aliphatic carbocycles. The van der Waals surface area contributed by atoms with Gasteiger partial charge in [0.05, 0.1) is 5.56 Å². The number of thiophene rings is 1. The molecule has 0 fully saturated rings. The molecule has 0 saturated carbocycles. The molecular formula is C15H15F4N3S. The lowest BCUT2D eigenvalue weighted by molar-refractivity contribution is -0.138. The van der Waals surface area contributed by atoms with Crippen molar-refractivity contribution in [2.24, 2.45) is 4.99 Å². The van der Waals surface area contributed by atoms with Crippen LogP contribution in [0.5, 0.6) is 0 Å². The van der Waals surface area contributed by atoms with Crippen LogP contribution >= 0.6 is 11.3 Å². The van der Waals surface area contributed by atoms with E-state index in [2.05, 4.69) is 15.6 Å². The summed E-state index contributed by atoms with van der Waals surface area (Å²) in [7, 11) is 1.53. The Hall–Kier alpha value is -2.09. The third kappa shape index (κ3) is 4.95. The van der Waals surface area contributed by atoms with Crippen LogP contribution in [0.1, 0.15) is 16.7 Å². The topological polar surface area (TPSA) is 36.4 Å². The molecule has 2 N–H and O–H groups in total. The summed E-state index contributed by atoms with van der Waals surface area (Å²) in [5.74, 6) is -0.547. The molecule has 2 aromatic rings. The van der Waals surface area contributed by atoms with Gasteiger partial charge in [-0.15, -0.1) is 0 Å². The molecule has 0 spiro atoms. The summed E-state index contributed by atoms with van der Waals surface area (Å²) in [6, 6.07) is 4.57. The first kappa shape index (κ1) is 17.3. The molecular weight excluding hydrogens is 330 g/mol. The highest BCUT2D eigenvalue weighted by atomic mass is 32.1. The first-order valence-electron chi connectivity index (χ1n) is 6.71. The highest BCUT2D eigenvalue weighted by Gasteiger charge is 2.33. The second kappa shape index (κ2) is 7.45. The standard InChI is InChI=1S/C15H15F4N3S/c1-20-14(21-7-10-4-5-23-9-10)22-8-11-2-3-12(16)6-13(11)15(17,18)19/h2-6,9H,7-8H2,1H3,(H2,20,21,22). The number of benzene rings is 1. The predicted octanol–water partition coefficient (Wildman–Crippen LogP) is 3.77. The molecule has 0 bridgehead atoms. The van der Waals surface area contributed by atoms with Crippen LogP contribution in [0.4, 0.5) is 17.6 Å². The number of nitrogens with zero attached hydrogens (tertiary/aromatic N) is 1. The van der Waals surface area contributed by atoms with Crippen molar-refractivity contribution < 1.29 is 17.6 Å². The smallest absolute Gasteiger partial charge is 0.352 e. The number of alkyl halides is 3. The maximum atomic E-state index is 13.1. The Morgan fingerprint density at radius 2 is 1.91 bits per heavy atom. The molecule has 8 heteroatoms. The van der Waals surface area contributed by atoms with E-state index in [-0.39, 0.29) is 12.1 Å². The van der Waals surface area contributed by atoms with Crippen molar-refractivity contribution >= 4 is 17.3 Å². The number of halogens is 4. The Morgan fingerprint density at radius 1 is 1.17 bits per heavy atom. The Balaban J connectivity index is 2.01. The van der Waals surface area contributed by atoms with Crippen LogP contribution in [-0.4, -0.2) is 13.0 Å². The molecule has 124 valence electrons. The zero-order chi connectivity index (χ0) is 16.9. The number of rotatable bonds is 4. The number of aliphatic imine (C=N–C) groups is 1. The van der Waals surface area contributed by atoms with Gasteiger partial charge in [-0.1, -0.05) is 6.07 Å². The van der Waals surface area contributed by atoms with Crippen LogP contribution in [0.15, 0.2) is 40.0 Å². The van der Waals surface area contributed by atoms with Gasteiger partial charge < -0.3 is 10.6 Å². The van der Waals surface area contributed by atoms with Gasteiger partial charge in [0.1, 0.15) is 5.82 Å². The summed E-state index contributed by atoms with van der Waals surface area (Å²) < 4.78 is 51.9. The number of nitrogens with one attached hydrogen (secondary N) is 2. The van der Waals surface area contributed by atoms with E-state index in [9.17, 15) is 17.6 Å². The highest BCUT2D eigenvalue weighted by Crippen LogP contribution is 2.32. The normalized spacial score (nSPS) is 12.3. The molecule has 1 aromatic carbocycles. The highest BCUT2D eigenvalue weighted by molar-refractivity contribution is 7.07. The summed E-state index contributed by atoms with van der Waals surface area (Å²) in [6.07, 6.45) is -4.60. The lowest BCUT2D eigenvalue weighted by Crippen LogP contribution is -2.36. The van der Waals surface area contributed by atoms with E-state index in [4.69, 9.17) is 0 Å². The van der Waals surface area contributed by atoms with Gasteiger partial charge in [0.15, 0.2) is 5.96 Å². The molecule has 0 atom stereocenters. The molecule has 0 unspecified atom stereocenters. The minimum Gasteiger partial charge on any atom is -0.352 e. The van der Waals surface area contributed by atoms with Crippen LogP contribution in [0.25, 0.3) is 0 Å². The van der Waals surface area contributed by atoms with Gasteiger partial charge >= 0.3 is 6.18 Å². The molecule has 23 heavy (non-hydrogen) atoms. The number of hydrogen-bond donors (Lipinski definition) is 2. The van der Waals surface area contributed by atoms with Gasteiger partial charge in [-0.05, 0) is 40.1 Å². The monoisotopic (exact) mass is 345 g/mol. The van der Waals surface area contributed by atoms with Gasteiger partial charge in [-0.3, -0.25) is 4.99 Å². The van der Waals surface area contributed by atoms with Crippen LogP contribution in [0, 0.1) is 5.82 Å². The largest absolute Gasteiger partial charge is 0.416 e. The molecule has 2 rings (SSSR count). The van der Waals surface area contributed by atoms with E-state index in [1.165, 1.54) is 7.05 Å². The third-order valence-corrected chi connectivity index (χ3v) is 3.82. The van der Waals surface area contributed by atoms with Crippen molar-refractivity contribution in [2.45, 2.75) is 19.3 Å². The van der Waals surface area contributed by atoms with E-state index in [1.54, 1.807) is 11.3 Å². The third-order valence-electron chi connectivity index (χ3n) is 3.09. The Kier molecular flexibility index (Phi) is 5.59. The zero-order valence-electron chi connectivity index (χ0n) is 12.2. The average molecular weight is 345 g/mol. The van der Waals surface area contributed by atoms with Crippen molar-refractivity contribution in [2.75, 3.05) is 7.05 Å². The maximum Gasteiger partial charge on any atom is 0.416 e. The zero-order valence-corrected chi connectivity index (χ0v) is 13.1. The minimum absolute atomic E-state index is 0.0441. The summed E-state index contributed by atoms with van der Waals surface area (Å²) in [5, 5.41) is 9.69. The summed E-state index contributed by atoms with van der Waals surface area (Å²) in [4.78, 5) is 3.95. The quantitative estimate of drug-likeness (QED) is 0.503. The van der Waals surface area contributed by atoms with Crippen LogP contribution in [0.3, 0.4) is 0 Å². The molecule has 0 radical (unpaired) electrons. The van der Waals surface area contributed by atoms with Gasteiger partial charge in [-0.2, -0.15) is 24.5 Å². The van der Waals surface area contributed by atoms with Crippen LogP contribution in [0.2, 0.25) is 0 Å². The van der Waals surface area contributed by atoms with Gasteiger partial charge in [0, 0.05) is 20.1 Å². The summed E-state index contributed by atoms with van der Waals surface area (Å²) >= 11 is 1.55. The van der Waals surface area contributed by atoms with Crippen LogP contribution < -0.4 is 10.6 Å². The molecule has 1 heterocycles. The molecule has 0 aliphatic heterocycles. The lowest BCUT2D eigenvalue weighted by atomic mass is 10.1. The molecule has 1 aromatic heterocycles. The second-order valence-corrected chi connectivity index (χ2v) is 5.49. The fourth-order valence-electron chi connectivity index (χ4n) is 1.95. The van der Waals surface area contributed by atoms with Crippen LogP contribution in [-0.2, 0) is 19.3 Å². The molecule has 0 aliphatic rings. The Morgan fingerprint density at radius 3 is 2.52 bits per heavy atom. The first-order valence-corrected chi connectivity index (χ1v) is 7.65. The van der Waals surface area contributed by atoms with Crippen molar-refractivity contribution in [1.82, 2.24) is 10.6 Å². The van der Waals surface area contributed by atoms with Gasteiger partial charge in [-0.25, -0.2) is 4.39 Å². The average Bonchev–Trinajstić information content (AvgIpc) is 3.01. The lowest BCUT2D eigenvalue weighted by Gasteiger charge is -2.15. The van der Waals surface area contributed by atoms with Crippen molar-refractivity contribution in [3.63, 3.8) is 0 Å². The van der Waals surface area contributed by atoms with Crippen molar-refractivity contribution in [3.8, 4) is 0 Å². The molecule has 3 nitrogen and oxygen atoms in total. The van der Waals surface area contributed by atoms with Crippen molar-refractivity contribution in [1.29, 1.82) is 0 Å². The Labute approximate surface area is 135 Å². The van der Waals surface area contributed by atoms with E-state index in [0.717, 1.165) is 17.7 Å². The van der Waals surface area contributed by atoms with Gasteiger partial charge in [0.25, 0.3) is 0 Å². The molecule has 0 amide bonds. The van der Waals surface area contributed by atoms with E-state index < -0.39 is 17.6 Å². The minimum atomic E-state index is -4.60. The summed E-state index contributed by atoms with van der Waals surface area (Å²) in [6.45, 7) is 0.400. The van der Waals surface area contributed by atoms with E-state index in [0.29, 0.717) is 18.6 Å². The fourth-order valence-corrected chi connectivity index (χ4v) is 2.61.